The van der Waals surface area contributed by atoms with Crippen LogP contribution in [-0.2, 0) is 6.42 Å². The molecule has 3 nitrogen and oxygen atoms in total. The Morgan fingerprint density at radius 1 is 1.20 bits per heavy atom. The highest BCUT2D eigenvalue weighted by Gasteiger charge is 2.14. The Morgan fingerprint density at radius 2 is 2.00 bits per heavy atom. The summed E-state index contributed by atoms with van der Waals surface area (Å²) in [6, 6.07) is 11.3. The van der Waals surface area contributed by atoms with Gasteiger partial charge < -0.3 is 9.52 Å². The van der Waals surface area contributed by atoms with E-state index >= 15 is 0 Å². The number of aromatic nitrogens is 1. The third-order valence-corrected chi connectivity index (χ3v) is 3.60. The van der Waals surface area contributed by atoms with E-state index in [0.29, 0.717) is 22.8 Å². The molecule has 2 aromatic heterocycles. The number of aliphatic hydroxyl groups excluding tert-OH is 1. The van der Waals surface area contributed by atoms with Crippen LogP contribution in [-0.4, -0.2) is 10.1 Å². The summed E-state index contributed by atoms with van der Waals surface area (Å²) in [4.78, 5) is 3.97. The first-order chi connectivity index (χ1) is 9.74. The van der Waals surface area contributed by atoms with Crippen molar-refractivity contribution in [1.29, 1.82) is 0 Å². The van der Waals surface area contributed by atoms with Crippen LogP contribution in [0.15, 0.2) is 53.2 Å². The summed E-state index contributed by atoms with van der Waals surface area (Å²) in [6.45, 7) is 0. The van der Waals surface area contributed by atoms with Gasteiger partial charge in [0, 0.05) is 17.8 Å². The largest absolute Gasteiger partial charge is 0.457 e. The van der Waals surface area contributed by atoms with E-state index in [1.165, 1.54) is 0 Å². The second kappa shape index (κ2) is 5.65. The van der Waals surface area contributed by atoms with Gasteiger partial charge in [-0.1, -0.05) is 23.7 Å². The van der Waals surface area contributed by atoms with E-state index in [1.54, 1.807) is 18.5 Å². The summed E-state index contributed by atoms with van der Waals surface area (Å²) in [5, 5.41) is 11.7. The second-order valence-corrected chi connectivity index (χ2v) is 5.12. The maximum absolute atomic E-state index is 10.2. The van der Waals surface area contributed by atoms with Crippen LogP contribution in [0, 0.1) is 0 Å². The van der Waals surface area contributed by atoms with Crippen molar-refractivity contribution in [3.05, 3.63) is 65.1 Å². The highest BCUT2D eigenvalue weighted by atomic mass is 35.5. The SMILES string of the molecule is OC(CCc1ccncc1)c1cc2cccc(Cl)c2o1. The fraction of sp³-hybridized carbons (Fsp3) is 0.188. The molecule has 0 aliphatic rings. The van der Waals surface area contributed by atoms with Crippen LogP contribution in [0.4, 0.5) is 0 Å². The maximum Gasteiger partial charge on any atom is 0.152 e. The number of nitrogens with zero attached hydrogens (tertiary/aromatic N) is 1. The molecular formula is C16H14ClNO2. The van der Waals surface area contributed by atoms with Gasteiger partial charge in [0.1, 0.15) is 11.9 Å². The van der Waals surface area contributed by atoms with Gasteiger partial charge in [-0.3, -0.25) is 4.98 Å². The molecule has 2 heterocycles. The Bertz CT molecular complexity index is 709. The zero-order valence-electron chi connectivity index (χ0n) is 10.8. The van der Waals surface area contributed by atoms with Gasteiger partial charge in [0.05, 0.1) is 5.02 Å². The molecule has 0 radical (unpaired) electrons. The number of aryl methyl sites for hydroxylation is 1. The van der Waals surface area contributed by atoms with E-state index in [4.69, 9.17) is 16.0 Å². The lowest BCUT2D eigenvalue weighted by Gasteiger charge is -2.07. The van der Waals surface area contributed by atoms with Crippen molar-refractivity contribution in [2.75, 3.05) is 0 Å². The van der Waals surface area contributed by atoms with Crippen LogP contribution in [0.1, 0.15) is 23.8 Å². The summed E-state index contributed by atoms with van der Waals surface area (Å²) in [5.41, 5.74) is 1.78. The van der Waals surface area contributed by atoms with E-state index < -0.39 is 6.10 Å². The minimum Gasteiger partial charge on any atom is -0.457 e. The number of pyridine rings is 1. The minimum atomic E-state index is -0.633. The van der Waals surface area contributed by atoms with Gasteiger partial charge in [-0.2, -0.15) is 0 Å². The number of para-hydroxylation sites is 1. The Hall–Kier alpha value is -1.84. The Morgan fingerprint density at radius 3 is 2.75 bits per heavy atom. The Kier molecular flexibility index (Phi) is 3.72. The number of furan rings is 1. The van der Waals surface area contributed by atoms with Crippen molar-refractivity contribution in [3.63, 3.8) is 0 Å². The highest BCUT2D eigenvalue weighted by Crippen LogP contribution is 2.30. The standard InChI is InChI=1S/C16H14ClNO2/c17-13-3-1-2-12-10-15(20-16(12)13)14(19)5-4-11-6-8-18-9-7-11/h1-3,6-10,14,19H,4-5H2. The molecule has 0 amide bonds. The Labute approximate surface area is 121 Å². The number of hydrogen-bond acceptors (Lipinski definition) is 3. The molecule has 20 heavy (non-hydrogen) atoms. The monoisotopic (exact) mass is 287 g/mol. The third kappa shape index (κ3) is 2.69. The lowest BCUT2D eigenvalue weighted by Crippen LogP contribution is -1.98. The number of halogens is 1. The molecule has 0 fully saturated rings. The molecule has 0 bridgehead atoms. The molecule has 0 saturated heterocycles. The van der Waals surface area contributed by atoms with E-state index in [1.807, 2.05) is 30.3 Å². The summed E-state index contributed by atoms with van der Waals surface area (Å²) in [6.07, 6.45) is 4.24. The predicted octanol–water partition coefficient (Wildman–Crippen LogP) is 4.15. The number of benzene rings is 1. The van der Waals surface area contributed by atoms with Crippen molar-refractivity contribution in [2.45, 2.75) is 18.9 Å². The molecule has 0 saturated carbocycles. The topological polar surface area (TPSA) is 46.3 Å². The summed E-state index contributed by atoms with van der Waals surface area (Å²) in [5.74, 6) is 0.558. The molecular weight excluding hydrogens is 274 g/mol. The molecule has 0 spiro atoms. The molecule has 3 aromatic rings. The van der Waals surface area contributed by atoms with Gasteiger partial charge in [-0.15, -0.1) is 0 Å². The number of fused-ring (bicyclic) bond motifs is 1. The smallest absolute Gasteiger partial charge is 0.152 e. The van der Waals surface area contributed by atoms with Crippen LogP contribution in [0.5, 0.6) is 0 Å². The van der Waals surface area contributed by atoms with Crippen molar-refractivity contribution in [1.82, 2.24) is 4.98 Å². The first kappa shape index (κ1) is 13.2. The van der Waals surface area contributed by atoms with Crippen LogP contribution >= 0.6 is 11.6 Å². The quantitative estimate of drug-likeness (QED) is 0.784. The lowest BCUT2D eigenvalue weighted by molar-refractivity contribution is 0.143. The molecule has 3 rings (SSSR count). The molecule has 0 aliphatic carbocycles. The van der Waals surface area contributed by atoms with Crippen molar-refractivity contribution >= 4 is 22.6 Å². The fourth-order valence-corrected chi connectivity index (χ4v) is 2.43. The first-order valence-corrected chi connectivity index (χ1v) is 6.87. The molecule has 102 valence electrons. The number of aliphatic hydroxyl groups is 1. The molecule has 0 aliphatic heterocycles. The van der Waals surface area contributed by atoms with Crippen LogP contribution in [0.2, 0.25) is 5.02 Å². The molecule has 4 heteroatoms. The second-order valence-electron chi connectivity index (χ2n) is 4.72. The van der Waals surface area contributed by atoms with E-state index in [-0.39, 0.29) is 0 Å². The van der Waals surface area contributed by atoms with Crippen molar-refractivity contribution < 1.29 is 9.52 Å². The third-order valence-electron chi connectivity index (χ3n) is 3.30. The molecule has 1 N–H and O–H groups in total. The average Bonchev–Trinajstić information content (AvgIpc) is 2.91. The summed E-state index contributed by atoms with van der Waals surface area (Å²) in [7, 11) is 0. The molecule has 1 unspecified atom stereocenters. The first-order valence-electron chi connectivity index (χ1n) is 6.49. The van der Waals surface area contributed by atoms with E-state index in [2.05, 4.69) is 4.98 Å². The lowest BCUT2D eigenvalue weighted by atomic mass is 10.1. The zero-order valence-corrected chi connectivity index (χ0v) is 11.5. The van der Waals surface area contributed by atoms with Gasteiger partial charge in [0.15, 0.2) is 5.58 Å². The van der Waals surface area contributed by atoms with Gasteiger partial charge in [-0.05, 0) is 42.7 Å². The van der Waals surface area contributed by atoms with Crippen LogP contribution in [0.25, 0.3) is 11.0 Å². The van der Waals surface area contributed by atoms with E-state index in [9.17, 15) is 5.11 Å². The summed E-state index contributed by atoms with van der Waals surface area (Å²) < 4.78 is 5.65. The van der Waals surface area contributed by atoms with Gasteiger partial charge in [0.25, 0.3) is 0 Å². The fourth-order valence-electron chi connectivity index (χ4n) is 2.21. The maximum atomic E-state index is 10.2. The highest BCUT2D eigenvalue weighted by molar-refractivity contribution is 6.34. The van der Waals surface area contributed by atoms with Crippen LogP contribution in [0.3, 0.4) is 0 Å². The minimum absolute atomic E-state index is 0.558. The predicted molar refractivity (Wildman–Crippen MR) is 78.7 cm³/mol. The van der Waals surface area contributed by atoms with Gasteiger partial charge >= 0.3 is 0 Å². The number of rotatable bonds is 4. The van der Waals surface area contributed by atoms with Crippen molar-refractivity contribution in [3.8, 4) is 0 Å². The normalized spacial score (nSPS) is 12.7. The summed E-state index contributed by atoms with van der Waals surface area (Å²) >= 11 is 6.07. The Balaban J connectivity index is 1.75. The van der Waals surface area contributed by atoms with E-state index in [0.717, 1.165) is 17.4 Å². The average molecular weight is 288 g/mol. The van der Waals surface area contributed by atoms with Crippen LogP contribution < -0.4 is 0 Å². The van der Waals surface area contributed by atoms with Gasteiger partial charge in [0.2, 0.25) is 0 Å². The van der Waals surface area contributed by atoms with Crippen molar-refractivity contribution in [2.24, 2.45) is 0 Å². The number of hydrogen-bond donors (Lipinski definition) is 1. The molecule has 1 atom stereocenters. The van der Waals surface area contributed by atoms with Gasteiger partial charge in [-0.25, -0.2) is 0 Å². The molecule has 1 aromatic carbocycles. The zero-order chi connectivity index (χ0) is 13.9.